The summed E-state index contributed by atoms with van der Waals surface area (Å²) in [5.74, 6) is -0.124. The number of piperidine rings is 1. The average Bonchev–Trinajstić information content (AvgIpc) is 3.15. The van der Waals surface area contributed by atoms with Crippen LogP contribution < -0.4 is 0 Å². The van der Waals surface area contributed by atoms with Gasteiger partial charge in [-0.25, -0.2) is 17.5 Å². The summed E-state index contributed by atoms with van der Waals surface area (Å²) in [7, 11) is -3.48. The number of rotatable bonds is 3. The van der Waals surface area contributed by atoms with Crippen molar-refractivity contribution in [1.29, 1.82) is 0 Å². The molecule has 2 aliphatic rings. The number of aromatic nitrogens is 2. The van der Waals surface area contributed by atoms with Crippen LogP contribution in [0.3, 0.4) is 0 Å². The SMILES string of the molecule is O=S(=O)(c1ccccc1)N1CCC2=Cc3c(cnn3-c3ccc(F)cc3)CC2C1. The van der Waals surface area contributed by atoms with Gasteiger partial charge in [0.15, 0.2) is 0 Å². The molecular weight excluding hydrogens is 389 g/mol. The van der Waals surface area contributed by atoms with Gasteiger partial charge in [-0.05, 0) is 66.8 Å². The van der Waals surface area contributed by atoms with Gasteiger partial charge in [-0.2, -0.15) is 9.40 Å². The number of nitrogens with zero attached hydrogens (tertiary/aromatic N) is 3. The molecule has 1 aromatic heterocycles. The number of fused-ring (bicyclic) bond motifs is 2. The summed E-state index contributed by atoms with van der Waals surface area (Å²) in [4.78, 5) is 0.341. The van der Waals surface area contributed by atoms with Crippen LogP contribution in [-0.2, 0) is 16.4 Å². The molecule has 7 heteroatoms. The summed E-state index contributed by atoms with van der Waals surface area (Å²) in [5.41, 5.74) is 4.15. The Balaban J connectivity index is 1.42. The lowest BCUT2D eigenvalue weighted by Gasteiger charge is -2.36. The van der Waals surface area contributed by atoms with Crippen LogP contribution in [0.5, 0.6) is 0 Å². The number of sulfonamides is 1. The van der Waals surface area contributed by atoms with Crippen molar-refractivity contribution in [3.05, 3.63) is 83.4 Å². The molecule has 0 radical (unpaired) electrons. The standard InChI is InChI=1S/C22H20FN3O2S/c23-19-6-8-20(9-7-19)26-22-13-16-10-11-25(15-18(16)12-17(22)14-24-26)29(27,28)21-4-2-1-3-5-21/h1-9,13-14,18H,10-12,15H2. The minimum absolute atomic E-state index is 0.153. The molecule has 1 fully saturated rings. The van der Waals surface area contributed by atoms with Gasteiger partial charge in [0.05, 0.1) is 22.5 Å². The Labute approximate surface area is 169 Å². The zero-order valence-corrected chi connectivity index (χ0v) is 16.5. The predicted molar refractivity (Wildman–Crippen MR) is 109 cm³/mol. The van der Waals surface area contributed by atoms with E-state index in [0.29, 0.717) is 24.4 Å². The van der Waals surface area contributed by atoms with Gasteiger partial charge in [0, 0.05) is 13.1 Å². The summed E-state index contributed by atoms with van der Waals surface area (Å²) >= 11 is 0. The van der Waals surface area contributed by atoms with Gasteiger partial charge in [-0.15, -0.1) is 0 Å². The van der Waals surface area contributed by atoms with Crippen molar-refractivity contribution >= 4 is 16.1 Å². The maximum absolute atomic E-state index is 13.2. The molecule has 0 N–H and O–H groups in total. The molecule has 1 unspecified atom stereocenters. The molecule has 2 heterocycles. The molecule has 1 aliphatic carbocycles. The zero-order chi connectivity index (χ0) is 20.0. The lowest BCUT2D eigenvalue weighted by atomic mass is 9.83. The first-order valence-electron chi connectivity index (χ1n) is 9.61. The molecule has 0 bridgehead atoms. The Morgan fingerprint density at radius 1 is 1.03 bits per heavy atom. The smallest absolute Gasteiger partial charge is 0.233 e. The topological polar surface area (TPSA) is 55.2 Å². The first-order valence-corrected chi connectivity index (χ1v) is 11.0. The third-order valence-corrected chi connectivity index (χ3v) is 7.60. The Hall–Kier alpha value is -2.77. The van der Waals surface area contributed by atoms with Gasteiger partial charge in [-0.1, -0.05) is 23.8 Å². The van der Waals surface area contributed by atoms with Crippen molar-refractivity contribution in [2.24, 2.45) is 5.92 Å². The molecule has 1 atom stereocenters. The molecule has 29 heavy (non-hydrogen) atoms. The molecule has 5 rings (SSSR count). The van der Waals surface area contributed by atoms with Crippen molar-refractivity contribution in [2.75, 3.05) is 13.1 Å². The maximum atomic E-state index is 13.2. The van der Waals surface area contributed by atoms with Crippen LogP contribution in [-0.4, -0.2) is 35.6 Å². The number of benzene rings is 2. The third-order valence-electron chi connectivity index (χ3n) is 5.73. The fourth-order valence-electron chi connectivity index (χ4n) is 4.19. The van der Waals surface area contributed by atoms with Crippen molar-refractivity contribution < 1.29 is 12.8 Å². The van der Waals surface area contributed by atoms with Crippen molar-refractivity contribution in [3.8, 4) is 5.69 Å². The first kappa shape index (κ1) is 18.3. The number of halogens is 1. The van der Waals surface area contributed by atoms with E-state index in [4.69, 9.17) is 0 Å². The van der Waals surface area contributed by atoms with Crippen LogP contribution >= 0.6 is 0 Å². The highest BCUT2D eigenvalue weighted by Crippen LogP contribution is 2.36. The average molecular weight is 409 g/mol. The molecule has 148 valence electrons. The van der Waals surface area contributed by atoms with Crippen molar-refractivity contribution in [1.82, 2.24) is 14.1 Å². The Bertz CT molecular complexity index is 1180. The van der Waals surface area contributed by atoms with Crippen LogP contribution in [0.15, 0.2) is 71.3 Å². The molecule has 1 saturated heterocycles. The van der Waals surface area contributed by atoms with Crippen LogP contribution in [0.4, 0.5) is 4.39 Å². The van der Waals surface area contributed by atoms with E-state index < -0.39 is 10.0 Å². The first-order chi connectivity index (χ1) is 14.0. The summed E-state index contributed by atoms with van der Waals surface area (Å²) in [5, 5.41) is 4.49. The highest BCUT2D eigenvalue weighted by Gasteiger charge is 2.35. The Morgan fingerprint density at radius 2 is 1.79 bits per heavy atom. The number of hydrogen-bond donors (Lipinski definition) is 0. The molecule has 0 saturated carbocycles. The molecule has 1 aliphatic heterocycles. The van der Waals surface area contributed by atoms with Gasteiger partial charge in [0.1, 0.15) is 5.82 Å². The van der Waals surface area contributed by atoms with Gasteiger partial charge in [0.2, 0.25) is 10.0 Å². The Kier molecular flexibility index (Phi) is 4.37. The van der Waals surface area contributed by atoms with E-state index in [1.807, 2.05) is 16.9 Å². The second kappa shape index (κ2) is 6.93. The molecule has 0 spiro atoms. The van der Waals surface area contributed by atoms with E-state index in [9.17, 15) is 12.8 Å². The quantitative estimate of drug-likeness (QED) is 0.663. The van der Waals surface area contributed by atoms with Crippen molar-refractivity contribution in [3.63, 3.8) is 0 Å². The Morgan fingerprint density at radius 3 is 2.55 bits per heavy atom. The van der Waals surface area contributed by atoms with E-state index in [-0.39, 0.29) is 11.7 Å². The lowest BCUT2D eigenvalue weighted by molar-refractivity contribution is 0.322. The van der Waals surface area contributed by atoms with Crippen LogP contribution in [0.25, 0.3) is 11.8 Å². The highest BCUT2D eigenvalue weighted by molar-refractivity contribution is 7.89. The van der Waals surface area contributed by atoms with E-state index >= 15 is 0 Å². The molecule has 3 aromatic rings. The second-order valence-corrected chi connectivity index (χ2v) is 9.43. The fourth-order valence-corrected chi connectivity index (χ4v) is 5.70. The summed E-state index contributed by atoms with van der Waals surface area (Å²) in [6.07, 6.45) is 5.41. The van der Waals surface area contributed by atoms with Gasteiger partial charge in [0.25, 0.3) is 0 Å². The van der Waals surface area contributed by atoms with Gasteiger partial charge < -0.3 is 0 Å². The van der Waals surface area contributed by atoms with E-state index in [1.54, 1.807) is 40.7 Å². The number of hydrogen-bond acceptors (Lipinski definition) is 3. The predicted octanol–water partition coefficient (Wildman–Crippen LogP) is 3.66. The van der Waals surface area contributed by atoms with Crippen LogP contribution in [0, 0.1) is 11.7 Å². The fraction of sp³-hybridized carbons (Fsp3) is 0.227. The largest absolute Gasteiger partial charge is 0.243 e. The summed E-state index contributed by atoms with van der Waals surface area (Å²) in [6.45, 7) is 0.948. The molecule has 2 aromatic carbocycles. The monoisotopic (exact) mass is 409 g/mol. The molecule has 0 amide bonds. The second-order valence-electron chi connectivity index (χ2n) is 7.49. The third kappa shape index (κ3) is 3.20. The van der Waals surface area contributed by atoms with Crippen LogP contribution in [0.1, 0.15) is 17.7 Å². The molecule has 5 nitrogen and oxygen atoms in total. The van der Waals surface area contributed by atoms with Crippen LogP contribution in [0.2, 0.25) is 0 Å². The van der Waals surface area contributed by atoms with Gasteiger partial charge in [-0.3, -0.25) is 0 Å². The minimum atomic E-state index is -3.48. The van der Waals surface area contributed by atoms with E-state index in [0.717, 1.165) is 23.4 Å². The van der Waals surface area contributed by atoms with E-state index in [2.05, 4.69) is 11.2 Å². The lowest BCUT2D eigenvalue weighted by Crippen LogP contribution is -2.42. The molecular formula is C22H20FN3O2S. The normalized spacial score (nSPS) is 19.3. The van der Waals surface area contributed by atoms with E-state index in [1.165, 1.54) is 17.7 Å². The van der Waals surface area contributed by atoms with Crippen molar-refractivity contribution in [2.45, 2.75) is 17.7 Å². The highest BCUT2D eigenvalue weighted by atomic mass is 32.2. The zero-order valence-electron chi connectivity index (χ0n) is 15.7. The summed E-state index contributed by atoms with van der Waals surface area (Å²) in [6, 6.07) is 14.9. The van der Waals surface area contributed by atoms with Gasteiger partial charge >= 0.3 is 0 Å². The summed E-state index contributed by atoms with van der Waals surface area (Å²) < 4.78 is 42.6. The maximum Gasteiger partial charge on any atom is 0.243 e. The minimum Gasteiger partial charge on any atom is -0.233 e.